The minimum absolute atomic E-state index is 0.0247. The summed E-state index contributed by atoms with van der Waals surface area (Å²) in [6, 6.07) is 12.0. The van der Waals surface area contributed by atoms with Crippen LogP contribution in [0.2, 0.25) is 0 Å². The van der Waals surface area contributed by atoms with Gasteiger partial charge in [0.25, 0.3) is 5.91 Å². The molecule has 5 nitrogen and oxygen atoms in total. The van der Waals surface area contributed by atoms with Crippen LogP contribution in [0.1, 0.15) is 21.6 Å². The first-order chi connectivity index (χ1) is 15.0. The van der Waals surface area contributed by atoms with Gasteiger partial charge in [-0.15, -0.1) is 0 Å². The smallest absolute Gasteiger partial charge is 0.366 e. The molecule has 0 radical (unpaired) electrons. The fourth-order valence-corrected chi connectivity index (χ4v) is 2.63. The molecule has 0 aliphatic rings. The third-order valence-corrected chi connectivity index (χ3v) is 4.13. The Balaban J connectivity index is 1.84. The Morgan fingerprint density at radius 2 is 1.59 bits per heavy atom. The average Bonchev–Trinajstić information content (AvgIpc) is 2.74. The van der Waals surface area contributed by atoms with Crippen molar-refractivity contribution < 1.29 is 35.9 Å². The highest BCUT2D eigenvalue weighted by molar-refractivity contribution is 6.04. The van der Waals surface area contributed by atoms with Crippen LogP contribution in [0.5, 0.6) is 0 Å². The average molecular weight is 455 g/mol. The quantitative estimate of drug-likeness (QED) is 0.499. The van der Waals surface area contributed by atoms with Crippen LogP contribution in [0.4, 0.5) is 32.0 Å². The van der Waals surface area contributed by atoms with Crippen LogP contribution in [-0.4, -0.2) is 28.7 Å². The molecule has 3 aromatic rings. The Labute approximate surface area is 178 Å². The number of alkyl halides is 6. The minimum atomic E-state index is -4.56. The number of carbonyl (C=O) groups is 1. The molecule has 1 heterocycles. The van der Waals surface area contributed by atoms with E-state index in [1.54, 1.807) is 30.3 Å². The van der Waals surface area contributed by atoms with E-state index in [0.29, 0.717) is 5.56 Å². The summed E-state index contributed by atoms with van der Waals surface area (Å²) < 4.78 is 80.1. The zero-order valence-corrected chi connectivity index (χ0v) is 16.2. The second-order valence-electron chi connectivity index (χ2n) is 6.56. The van der Waals surface area contributed by atoms with E-state index in [1.165, 1.54) is 6.20 Å². The van der Waals surface area contributed by atoms with E-state index in [-0.39, 0.29) is 22.8 Å². The van der Waals surface area contributed by atoms with Gasteiger partial charge in [-0.3, -0.25) is 4.79 Å². The van der Waals surface area contributed by atoms with Crippen molar-refractivity contribution in [2.45, 2.75) is 19.0 Å². The summed E-state index contributed by atoms with van der Waals surface area (Å²) in [4.78, 5) is 20.7. The van der Waals surface area contributed by atoms with E-state index in [1.807, 2.05) is 0 Å². The van der Waals surface area contributed by atoms with Gasteiger partial charge in [0.1, 0.15) is 6.61 Å². The van der Waals surface area contributed by atoms with Crippen molar-refractivity contribution >= 4 is 11.6 Å². The molecule has 0 aliphatic carbocycles. The first-order valence-electron chi connectivity index (χ1n) is 9.07. The van der Waals surface area contributed by atoms with Crippen molar-refractivity contribution in [2.24, 2.45) is 0 Å². The molecule has 2 aromatic carbocycles. The topological polar surface area (TPSA) is 64.1 Å². The van der Waals surface area contributed by atoms with E-state index in [9.17, 15) is 31.1 Å². The number of hydrogen-bond donors (Lipinski definition) is 1. The van der Waals surface area contributed by atoms with Crippen molar-refractivity contribution in [1.82, 2.24) is 9.97 Å². The van der Waals surface area contributed by atoms with Crippen LogP contribution >= 0.6 is 0 Å². The van der Waals surface area contributed by atoms with Gasteiger partial charge in [-0.25, -0.2) is 9.97 Å². The number of benzene rings is 2. The van der Waals surface area contributed by atoms with Gasteiger partial charge in [-0.1, -0.05) is 30.3 Å². The number of anilines is 1. The van der Waals surface area contributed by atoms with Crippen molar-refractivity contribution in [3.8, 4) is 11.4 Å². The fourth-order valence-electron chi connectivity index (χ4n) is 2.63. The van der Waals surface area contributed by atoms with E-state index >= 15 is 0 Å². The van der Waals surface area contributed by atoms with Gasteiger partial charge >= 0.3 is 12.4 Å². The Morgan fingerprint density at radius 1 is 0.938 bits per heavy atom. The molecule has 168 valence electrons. The maximum atomic E-state index is 12.7. The third kappa shape index (κ3) is 6.27. The number of carbonyl (C=O) groups excluding carboxylic acids is 1. The molecule has 0 saturated carbocycles. The van der Waals surface area contributed by atoms with Crippen molar-refractivity contribution in [3.05, 3.63) is 77.6 Å². The van der Waals surface area contributed by atoms with Gasteiger partial charge < -0.3 is 10.1 Å². The lowest BCUT2D eigenvalue weighted by Gasteiger charge is -2.13. The summed E-state index contributed by atoms with van der Waals surface area (Å²) in [5, 5.41) is 2.40. The second kappa shape index (κ2) is 9.35. The molecule has 11 heteroatoms. The van der Waals surface area contributed by atoms with Crippen LogP contribution < -0.4 is 5.32 Å². The third-order valence-electron chi connectivity index (χ3n) is 4.13. The number of nitrogens with zero attached hydrogens (tertiary/aromatic N) is 2. The summed E-state index contributed by atoms with van der Waals surface area (Å²) in [6.45, 7) is -2.10. The first-order valence-corrected chi connectivity index (χ1v) is 9.07. The number of nitrogens with one attached hydrogen (secondary N) is 1. The molecule has 0 spiro atoms. The maximum absolute atomic E-state index is 12.7. The predicted molar refractivity (Wildman–Crippen MR) is 103 cm³/mol. The summed E-state index contributed by atoms with van der Waals surface area (Å²) in [5.74, 6) is -0.587. The lowest BCUT2D eigenvalue weighted by Crippen LogP contribution is -2.19. The molecule has 0 unspecified atom stereocenters. The van der Waals surface area contributed by atoms with Gasteiger partial charge in [-0.05, 0) is 24.3 Å². The van der Waals surface area contributed by atoms with Crippen LogP contribution in [0, 0.1) is 0 Å². The van der Waals surface area contributed by atoms with E-state index < -0.39 is 37.0 Å². The molecular formula is C21H15F6N3O2. The van der Waals surface area contributed by atoms with Gasteiger partial charge in [0, 0.05) is 11.1 Å². The summed E-state index contributed by atoms with van der Waals surface area (Å²) in [6.07, 6.45) is -7.92. The van der Waals surface area contributed by atoms with E-state index in [2.05, 4.69) is 20.0 Å². The molecule has 0 atom stereocenters. The van der Waals surface area contributed by atoms with Crippen LogP contribution in [-0.2, 0) is 17.5 Å². The molecule has 0 fully saturated rings. The molecule has 1 aromatic heterocycles. The van der Waals surface area contributed by atoms with E-state index in [0.717, 1.165) is 24.3 Å². The van der Waals surface area contributed by atoms with Crippen molar-refractivity contribution in [2.75, 3.05) is 11.9 Å². The second-order valence-corrected chi connectivity index (χ2v) is 6.56. The molecule has 0 bridgehead atoms. The fraction of sp³-hybridized carbons (Fsp3) is 0.190. The number of rotatable bonds is 6. The maximum Gasteiger partial charge on any atom is 0.416 e. The summed E-state index contributed by atoms with van der Waals surface area (Å²) in [7, 11) is 0. The number of amides is 1. The molecule has 32 heavy (non-hydrogen) atoms. The number of ether oxygens (including phenoxy) is 1. The molecule has 3 rings (SSSR count). The molecule has 1 amide bonds. The van der Waals surface area contributed by atoms with Crippen LogP contribution in [0.15, 0.2) is 60.8 Å². The Bertz CT molecular complexity index is 1070. The first kappa shape index (κ1) is 23.2. The normalized spacial score (nSPS) is 11.9. The van der Waals surface area contributed by atoms with Gasteiger partial charge in [0.05, 0.1) is 29.7 Å². The zero-order valence-electron chi connectivity index (χ0n) is 16.2. The number of halogens is 6. The van der Waals surface area contributed by atoms with Gasteiger partial charge in [-0.2, -0.15) is 26.3 Å². The van der Waals surface area contributed by atoms with Crippen LogP contribution in [0.25, 0.3) is 11.4 Å². The number of hydrogen-bond acceptors (Lipinski definition) is 4. The molecule has 1 N–H and O–H groups in total. The molecule has 0 saturated heterocycles. The summed E-state index contributed by atoms with van der Waals surface area (Å²) in [5.41, 5.74) is -0.483. The largest absolute Gasteiger partial charge is 0.416 e. The molecular weight excluding hydrogens is 440 g/mol. The standard InChI is InChI=1S/C21H15F6N3O2/c22-20(23,24)12-32-11-17-16(10-28-18(29-17)13-4-2-1-3-5-13)30-19(31)14-6-8-15(9-7-14)21(25,26)27/h1-10H,11-12H2,(H,30,31). The van der Waals surface area contributed by atoms with Crippen molar-refractivity contribution in [3.63, 3.8) is 0 Å². The highest BCUT2D eigenvalue weighted by Crippen LogP contribution is 2.29. The van der Waals surface area contributed by atoms with Crippen LogP contribution in [0.3, 0.4) is 0 Å². The lowest BCUT2D eigenvalue weighted by atomic mass is 10.1. The minimum Gasteiger partial charge on any atom is -0.366 e. The highest BCUT2D eigenvalue weighted by atomic mass is 19.4. The highest BCUT2D eigenvalue weighted by Gasteiger charge is 2.30. The monoisotopic (exact) mass is 455 g/mol. The Morgan fingerprint density at radius 3 is 2.19 bits per heavy atom. The number of aromatic nitrogens is 2. The van der Waals surface area contributed by atoms with Gasteiger partial charge in [0.2, 0.25) is 0 Å². The van der Waals surface area contributed by atoms with Gasteiger partial charge in [0.15, 0.2) is 5.82 Å². The zero-order chi connectivity index (χ0) is 23.4. The van der Waals surface area contributed by atoms with Crippen molar-refractivity contribution in [1.29, 1.82) is 0 Å². The Kier molecular flexibility index (Phi) is 6.78. The summed E-state index contributed by atoms with van der Waals surface area (Å²) >= 11 is 0. The van der Waals surface area contributed by atoms with E-state index in [4.69, 9.17) is 0 Å². The Hall–Kier alpha value is -3.47. The molecule has 0 aliphatic heterocycles. The SMILES string of the molecule is O=C(Nc1cnc(-c2ccccc2)nc1COCC(F)(F)F)c1ccc(C(F)(F)F)cc1. The predicted octanol–water partition coefficient (Wildman–Crippen LogP) is 5.49. The lowest BCUT2D eigenvalue weighted by molar-refractivity contribution is -0.176.